The van der Waals surface area contributed by atoms with Crippen molar-refractivity contribution in [3.05, 3.63) is 35.4 Å². The zero-order chi connectivity index (χ0) is 13.0. The first-order valence-corrected chi connectivity index (χ1v) is 7.80. The fraction of sp³-hybridized carbons (Fsp3) is 0.562. The summed E-state index contributed by atoms with van der Waals surface area (Å²) in [5.41, 5.74) is 2.71. The number of rotatable bonds is 3. The summed E-state index contributed by atoms with van der Waals surface area (Å²) in [5.74, 6) is 2.08. The van der Waals surface area contributed by atoms with Crippen LogP contribution in [0.2, 0.25) is 0 Å². The lowest BCUT2D eigenvalue weighted by Gasteiger charge is -2.30. The molecule has 0 heterocycles. The summed E-state index contributed by atoms with van der Waals surface area (Å²) in [5, 5.41) is 9.75. The predicted octanol–water partition coefficient (Wildman–Crippen LogP) is 4.56. The van der Waals surface area contributed by atoms with E-state index in [-0.39, 0.29) is 5.92 Å². The molecule has 1 aliphatic rings. The third-order valence-electron chi connectivity index (χ3n) is 3.77. The van der Waals surface area contributed by atoms with E-state index in [0.29, 0.717) is 5.25 Å². The molecule has 96 valence electrons. The molecule has 0 aromatic heterocycles. The van der Waals surface area contributed by atoms with Crippen molar-refractivity contribution in [2.24, 2.45) is 11.8 Å². The Kier molecular flexibility index (Phi) is 4.72. The van der Waals surface area contributed by atoms with Gasteiger partial charge in [0.15, 0.2) is 0 Å². The van der Waals surface area contributed by atoms with Crippen molar-refractivity contribution < 1.29 is 0 Å². The summed E-state index contributed by atoms with van der Waals surface area (Å²) in [6.45, 7) is 4.45. The Labute approximate surface area is 115 Å². The Morgan fingerprint density at radius 2 is 2.22 bits per heavy atom. The summed E-state index contributed by atoms with van der Waals surface area (Å²) in [4.78, 5) is 0. The van der Waals surface area contributed by atoms with E-state index in [1.54, 1.807) is 0 Å². The lowest BCUT2D eigenvalue weighted by Crippen LogP contribution is -2.25. The van der Waals surface area contributed by atoms with Crippen molar-refractivity contribution >= 4 is 11.8 Å². The van der Waals surface area contributed by atoms with Crippen LogP contribution in [-0.2, 0) is 5.75 Å². The van der Waals surface area contributed by atoms with Crippen LogP contribution in [0.5, 0.6) is 0 Å². The quantitative estimate of drug-likeness (QED) is 0.794. The first kappa shape index (κ1) is 13.5. The third kappa shape index (κ3) is 3.53. The van der Waals surface area contributed by atoms with Crippen LogP contribution in [0.4, 0.5) is 0 Å². The van der Waals surface area contributed by atoms with Gasteiger partial charge in [-0.1, -0.05) is 36.8 Å². The molecule has 18 heavy (non-hydrogen) atoms. The molecule has 1 aromatic carbocycles. The summed E-state index contributed by atoms with van der Waals surface area (Å²) in [7, 11) is 0. The average molecular weight is 259 g/mol. The Morgan fingerprint density at radius 3 is 2.94 bits per heavy atom. The number of benzene rings is 1. The molecular weight excluding hydrogens is 238 g/mol. The number of aryl methyl sites for hydroxylation is 1. The van der Waals surface area contributed by atoms with Crippen molar-refractivity contribution in [3.63, 3.8) is 0 Å². The number of thioether (sulfide) groups is 1. The molecule has 0 N–H and O–H groups in total. The molecule has 1 nitrogen and oxygen atoms in total. The minimum Gasteiger partial charge on any atom is -0.198 e. The van der Waals surface area contributed by atoms with E-state index in [2.05, 4.69) is 44.2 Å². The second-order valence-electron chi connectivity index (χ2n) is 5.49. The van der Waals surface area contributed by atoms with Crippen molar-refractivity contribution in [2.45, 2.75) is 44.1 Å². The van der Waals surface area contributed by atoms with Gasteiger partial charge < -0.3 is 0 Å². The van der Waals surface area contributed by atoms with Crippen LogP contribution in [0.25, 0.3) is 0 Å². The smallest absolute Gasteiger partial charge is 0.0667 e. The number of hydrogen-bond acceptors (Lipinski definition) is 2. The zero-order valence-corrected chi connectivity index (χ0v) is 12.0. The van der Waals surface area contributed by atoms with Gasteiger partial charge in [0.2, 0.25) is 0 Å². The van der Waals surface area contributed by atoms with Crippen LogP contribution in [0.1, 0.15) is 37.3 Å². The van der Waals surface area contributed by atoms with Crippen LogP contribution in [0.15, 0.2) is 24.3 Å². The minimum absolute atomic E-state index is 0.260. The van der Waals surface area contributed by atoms with E-state index in [1.165, 1.54) is 24.0 Å². The topological polar surface area (TPSA) is 23.8 Å². The molecule has 3 unspecified atom stereocenters. The van der Waals surface area contributed by atoms with E-state index in [1.807, 2.05) is 11.8 Å². The monoisotopic (exact) mass is 259 g/mol. The van der Waals surface area contributed by atoms with Gasteiger partial charge in [-0.2, -0.15) is 17.0 Å². The number of hydrogen-bond donors (Lipinski definition) is 0. The van der Waals surface area contributed by atoms with Crippen molar-refractivity contribution in [1.82, 2.24) is 0 Å². The lowest BCUT2D eigenvalue weighted by molar-refractivity contribution is 0.345. The third-order valence-corrected chi connectivity index (χ3v) is 5.22. The molecule has 0 amide bonds. The average Bonchev–Trinajstić information content (AvgIpc) is 2.37. The highest BCUT2D eigenvalue weighted by atomic mass is 32.2. The van der Waals surface area contributed by atoms with Gasteiger partial charge in [0.05, 0.1) is 12.0 Å². The van der Waals surface area contributed by atoms with Crippen molar-refractivity contribution in [1.29, 1.82) is 5.26 Å². The standard InChI is InChI=1S/C16H21NS/c1-12-4-3-5-14(8-12)11-18-16-9-13(2)6-7-15(16)10-17/h3-5,8,13,15-16H,6-7,9,11H2,1-2H3. The number of nitrogens with zero attached hydrogens (tertiary/aromatic N) is 1. The van der Waals surface area contributed by atoms with Crippen LogP contribution < -0.4 is 0 Å². The van der Waals surface area contributed by atoms with Crippen LogP contribution in [0.3, 0.4) is 0 Å². The molecule has 1 aromatic rings. The van der Waals surface area contributed by atoms with Crippen LogP contribution in [-0.4, -0.2) is 5.25 Å². The first-order valence-electron chi connectivity index (χ1n) is 6.76. The van der Waals surface area contributed by atoms with E-state index < -0.39 is 0 Å². The molecule has 1 aliphatic carbocycles. The van der Waals surface area contributed by atoms with Gasteiger partial charge in [-0.3, -0.25) is 0 Å². The van der Waals surface area contributed by atoms with E-state index in [4.69, 9.17) is 0 Å². The zero-order valence-electron chi connectivity index (χ0n) is 11.2. The molecule has 0 radical (unpaired) electrons. The molecule has 2 rings (SSSR count). The fourth-order valence-electron chi connectivity index (χ4n) is 2.67. The van der Waals surface area contributed by atoms with E-state index in [0.717, 1.165) is 18.1 Å². The van der Waals surface area contributed by atoms with Crippen LogP contribution in [0, 0.1) is 30.1 Å². The van der Waals surface area contributed by atoms with Gasteiger partial charge >= 0.3 is 0 Å². The molecule has 0 spiro atoms. The summed E-state index contributed by atoms with van der Waals surface area (Å²) in [6, 6.07) is 11.2. The second kappa shape index (κ2) is 6.29. The summed E-state index contributed by atoms with van der Waals surface area (Å²) in [6.07, 6.45) is 3.51. The van der Waals surface area contributed by atoms with Gasteiger partial charge in [0.25, 0.3) is 0 Å². The summed E-state index contributed by atoms with van der Waals surface area (Å²) < 4.78 is 0. The molecule has 1 saturated carbocycles. The Bertz CT molecular complexity index is 435. The number of nitriles is 1. The maximum Gasteiger partial charge on any atom is 0.0667 e. The minimum atomic E-state index is 0.260. The Morgan fingerprint density at radius 1 is 1.39 bits per heavy atom. The van der Waals surface area contributed by atoms with Gasteiger partial charge in [-0.15, -0.1) is 0 Å². The normalized spacial score (nSPS) is 27.7. The highest BCUT2D eigenvalue weighted by Gasteiger charge is 2.28. The molecule has 2 heteroatoms. The maximum absolute atomic E-state index is 9.23. The Hall–Kier alpha value is -0.940. The largest absolute Gasteiger partial charge is 0.198 e. The van der Waals surface area contributed by atoms with Gasteiger partial charge in [0.1, 0.15) is 0 Å². The molecular formula is C16H21NS. The van der Waals surface area contributed by atoms with Gasteiger partial charge in [-0.25, -0.2) is 0 Å². The predicted molar refractivity (Wildman–Crippen MR) is 78.4 cm³/mol. The fourth-order valence-corrected chi connectivity index (χ4v) is 4.15. The molecule has 3 atom stereocenters. The summed E-state index contributed by atoms with van der Waals surface area (Å²) >= 11 is 1.97. The first-order chi connectivity index (χ1) is 8.69. The van der Waals surface area contributed by atoms with Gasteiger partial charge in [-0.05, 0) is 37.7 Å². The van der Waals surface area contributed by atoms with E-state index >= 15 is 0 Å². The SMILES string of the molecule is Cc1cccc(CSC2CC(C)CCC2C#N)c1. The van der Waals surface area contributed by atoms with Crippen LogP contribution >= 0.6 is 11.8 Å². The van der Waals surface area contributed by atoms with E-state index in [9.17, 15) is 5.26 Å². The van der Waals surface area contributed by atoms with Crippen molar-refractivity contribution in [3.8, 4) is 6.07 Å². The maximum atomic E-state index is 9.23. The Balaban J connectivity index is 1.94. The molecule has 0 aliphatic heterocycles. The van der Waals surface area contributed by atoms with Gasteiger partial charge in [0, 0.05) is 11.0 Å². The molecule has 1 fully saturated rings. The lowest BCUT2D eigenvalue weighted by atomic mass is 9.83. The van der Waals surface area contributed by atoms with Crippen molar-refractivity contribution in [2.75, 3.05) is 0 Å². The highest BCUT2D eigenvalue weighted by Crippen LogP contribution is 2.37. The second-order valence-corrected chi connectivity index (χ2v) is 6.72. The molecule has 0 bridgehead atoms. The highest BCUT2D eigenvalue weighted by molar-refractivity contribution is 7.99. The molecule has 0 saturated heterocycles.